The van der Waals surface area contributed by atoms with Gasteiger partial charge >= 0.3 is 0 Å². The standard InChI is InChI=1S/C23H29BrN2O4/c1-16(2)10-13-30-21-9-8-18(24)15-20(21)23(28)26-19-7-4-6-17(14-19)22(27)25-11-5-12-29-3/h4,6-9,14-16H,5,10-13H2,1-3H3,(H,25,27)(H,26,28). The van der Waals surface area contributed by atoms with Crippen molar-refractivity contribution in [2.24, 2.45) is 5.92 Å². The van der Waals surface area contributed by atoms with E-state index in [4.69, 9.17) is 9.47 Å². The molecule has 2 aromatic carbocycles. The Bertz CT molecular complexity index is 855. The second kappa shape index (κ2) is 12.3. The average Bonchev–Trinajstić information content (AvgIpc) is 2.72. The molecular formula is C23H29BrN2O4. The maximum atomic E-state index is 12.9. The van der Waals surface area contributed by atoms with E-state index in [-0.39, 0.29) is 11.8 Å². The molecule has 0 spiro atoms. The molecule has 2 N–H and O–H groups in total. The molecule has 0 aliphatic heterocycles. The molecule has 0 saturated carbocycles. The molecule has 7 heteroatoms. The molecule has 2 amide bonds. The Hall–Kier alpha value is -2.38. The molecule has 162 valence electrons. The van der Waals surface area contributed by atoms with Gasteiger partial charge in [0, 0.05) is 36.0 Å². The van der Waals surface area contributed by atoms with E-state index in [9.17, 15) is 9.59 Å². The van der Waals surface area contributed by atoms with Crippen LogP contribution in [0.1, 0.15) is 47.4 Å². The quantitative estimate of drug-likeness (QED) is 0.452. The zero-order chi connectivity index (χ0) is 21.9. The Kier molecular flexibility index (Phi) is 9.83. The third kappa shape index (κ3) is 7.80. The highest BCUT2D eigenvalue weighted by molar-refractivity contribution is 9.10. The monoisotopic (exact) mass is 476 g/mol. The van der Waals surface area contributed by atoms with Gasteiger partial charge in [0.25, 0.3) is 11.8 Å². The molecule has 0 saturated heterocycles. The number of methoxy groups -OCH3 is 1. The van der Waals surface area contributed by atoms with Crippen molar-refractivity contribution in [3.63, 3.8) is 0 Å². The van der Waals surface area contributed by atoms with Crippen LogP contribution in [-0.4, -0.2) is 38.7 Å². The highest BCUT2D eigenvalue weighted by Gasteiger charge is 2.15. The zero-order valence-electron chi connectivity index (χ0n) is 17.7. The summed E-state index contributed by atoms with van der Waals surface area (Å²) in [5.41, 5.74) is 1.45. The first kappa shape index (κ1) is 23.9. The van der Waals surface area contributed by atoms with Gasteiger partial charge in [0.05, 0.1) is 12.2 Å². The zero-order valence-corrected chi connectivity index (χ0v) is 19.3. The van der Waals surface area contributed by atoms with E-state index in [2.05, 4.69) is 40.4 Å². The highest BCUT2D eigenvalue weighted by Crippen LogP contribution is 2.25. The van der Waals surface area contributed by atoms with E-state index < -0.39 is 0 Å². The van der Waals surface area contributed by atoms with Gasteiger partial charge in [-0.3, -0.25) is 9.59 Å². The Morgan fingerprint density at radius 3 is 2.60 bits per heavy atom. The van der Waals surface area contributed by atoms with Gasteiger partial charge in [-0.05, 0) is 55.2 Å². The molecule has 6 nitrogen and oxygen atoms in total. The SMILES string of the molecule is COCCCNC(=O)c1cccc(NC(=O)c2cc(Br)ccc2OCCC(C)C)c1. The average molecular weight is 477 g/mol. The van der Waals surface area contributed by atoms with Crippen molar-refractivity contribution in [2.75, 3.05) is 32.2 Å². The Labute approximate surface area is 186 Å². The fourth-order valence-corrected chi connectivity index (χ4v) is 3.03. The van der Waals surface area contributed by atoms with Crippen LogP contribution in [0.3, 0.4) is 0 Å². The van der Waals surface area contributed by atoms with Gasteiger partial charge in [0.2, 0.25) is 0 Å². The van der Waals surface area contributed by atoms with Crippen LogP contribution in [0, 0.1) is 5.92 Å². The van der Waals surface area contributed by atoms with Gasteiger partial charge in [-0.25, -0.2) is 0 Å². The molecular weight excluding hydrogens is 448 g/mol. The number of amides is 2. The van der Waals surface area contributed by atoms with Crippen molar-refractivity contribution in [3.8, 4) is 5.75 Å². The molecule has 0 atom stereocenters. The first-order valence-corrected chi connectivity index (χ1v) is 10.8. The number of carbonyl (C=O) groups excluding carboxylic acids is 2. The molecule has 0 aliphatic carbocycles. The molecule has 0 aliphatic rings. The van der Waals surface area contributed by atoms with Crippen LogP contribution >= 0.6 is 15.9 Å². The van der Waals surface area contributed by atoms with Crippen LogP contribution in [0.5, 0.6) is 5.75 Å². The molecule has 0 unspecified atom stereocenters. The number of halogens is 1. The fraction of sp³-hybridized carbons (Fsp3) is 0.391. The lowest BCUT2D eigenvalue weighted by molar-refractivity contribution is 0.0947. The predicted molar refractivity (Wildman–Crippen MR) is 122 cm³/mol. The number of nitrogens with one attached hydrogen (secondary N) is 2. The third-order valence-electron chi connectivity index (χ3n) is 4.33. The Morgan fingerprint density at radius 1 is 1.07 bits per heavy atom. The number of ether oxygens (including phenoxy) is 2. The first-order chi connectivity index (χ1) is 14.4. The van der Waals surface area contributed by atoms with E-state index >= 15 is 0 Å². The second-order valence-corrected chi connectivity index (χ2v) is 8.22. The molecule has 0 radical (unpaired) electrons. The first-order valence-electron chi connectivity index (χ1n) is 10.0. The van der Waals surface area contributed by atoms with Gasteiger partial charge in [-0.1, -0.05) is 35.8 Å². The number of hydrogen-bond donors (Lipinski definition) is 2. The summed E-state index contributed by atoms with van der Waals surface area (Å²) in [6, 6.07) is 12.2. The summed E-state index contributed by atoms with van der Waals surface area (Å²) in [5.74, 6) is 0.556. The minimum Gasteiger partial charge on any atom is -0.493 e. The number of carbonyl (C=O) groups is 2. The van der Waals surface area contributed by atoms with Crippen LogP contribution in [-0.2, 0) is 4.74 Å². The summed E-state index contributed by atoms with van der Waals surface area (Å²) >= 11 is 3.41. The van der Waals surface area contributed by atoms with Crippen LogP contribution in [0.4, 0.5) is 5.69 Å². The van der Waals surface area contributed by atoms with Crippen molar-refractivity contribution in [1.29, 1.82) is 0 Å². The largest absolute Gasteiger partial charge is 0.493 e. The third-order valence-corrected chi connectivity index (χ3v) is 4.83. The maximum absolute atomic E-state index is 12.9. The molecule has 2 rings (SSSR count). The molecule has 0 bridgehead atoms. The summed E-state index contributed by atoms with van der Waals surface area (Å²) in [5, 5.41) is 5.69. The summed E-state index contributed by atoms with van der Waals surface area (Å²) in [4.78, 5) is 25.2. The number of hydrogen-bond acceptors (Lipinski definition) is 4. The van der Waals surface area contributed by atoms with Crippen molar-refractivity contribution in [2.45, 2.75) is 26.7 Å². The normalized spacial score (nSPS) is 10.7. The summed E-state index contributed by atoms with van der Waals surface area (Å²) in [7, 11) is 1.63. The van der Waals surface area contributed by atoms with Gasteiger partial charge in [0.15, 0.2) is 0 Å². The minimum absolute atomic E-state index is 0.192. The van der Waals surface area contributed by atoms with Crippen molar-refractivity contribution in [3.05, 3.63) is 58.1 Å². The lowest BCUT2D eigenvalue weighted by Gasteiger charge is -2.14. The predicted octanol–water partition coefficient (Wildman–Crippen LogP) is 4.89. The molecule has 2 aromatic rings. The van der Waals surface area contributed by atoms with Crippen molar-refractivity contribution in [1.82, 2.24) is 5.32 Å². The van der Waals surface area contributed by atoms with E-state index in [1.165, 1.54) is 0 Å². The summed E-state index contributed by atoms with van der Waals surface area (Å²) in [6.45, 7) is 5.90. The van der Waals surface area contributed by atoms with Crippen LogP contribution < -0.4 is 15.4 Å². The molecule has 0 aromatic heterocycles. The van der Waals surface area contributed by atoms with Gasteiger partial charge < -0.3 is 20.1 Å². The van der Waals surface area contributed by atoms with E-state index in [1.54, 1.807) is 43.5 Å². The molecule has 0 fully saturated rings. The number of anilines is 1. The molecule has 30 heavy (non-hydrogen) atoms. The Balaban J connectivity index is 2.07. The minimum atomic E-state index is -0.298. The van der Waals surface area contributed by atoms with E-state index in [0.717, 1.165) is 17.3 Å². The summed E-state index contributed by atoms with van der Waals surface area (Å²) in [6.07, 6.45) is 1.64. The van der Waals surface area contributed by atoms with Crippen LogP contribution in [0.15, 0.2) is 46.9 Å². The maximum Gasteiger partial charge on any atom is 0.259 e. The fourth-order valence-electron chi connectivity index (χ4n) is 2.67. The second-order valence-electron chi connectivity index (χ2n) is 7.31. The molecule has 0 heterocycles. The van der Waals surface area contributed by atoms with E-state index in [0.29, 0.717) is 48.2 Å². The topological polar surface area (TPSA) is 76.7 Å². The number of benzene rings is 2. The van der Waals surface area contributed by atoms with Crippen molar-refractivity contribution >= 4 is 33.4 Å². The lowest BCUT2D eigenvalue weighted by atomic mass is 10.1. The van der Waals surface area contributed by atoms with Crippen LogP contribution in [0.2, 0.25) is 0 Å². The smallest absolute Gasteiger partial charge is 0.259 e. The number of rotatable bonds is 11. The van der Waals surface area contributed by atoms with Gasteiger partial charge in [-0.2, -0.15) is 0 Å². The highest BCUT2D eigenvalue weighted by atomic mass is 79.9. The Morgan fingerprint density at radius 2 is 1.87 bits per heavy atom. The van der Waals surface area contributed by atoms with Gasteiger partial charge in [-0.15, -0.1) is 0 Å². The lowest BCUT2D eigenvalue weighted by Crippen LogP contribution is -2.25. The van der Waals surface area contributed by atoms with Gasteiger partial charge in [0.1, 0.15) is 5.75 Å². The summed E-state index contributed by atoms with van der Waals surface area (Å²) < 4.78 is 11.6. The van der Waals surface area contributed by atoms with Crippen LogP contribution in [0.25, 0.3) is 0 Å². The van der Waals surface area contributed by atoms with E-state index in [1.807, 2.05) is 6.07 Å². The van der Waals surface area contributed by atoms with Crippen molar-refractivity contribution < 1.29 is 19.1 Å².